The largest absolute Gasteiger partial charge is 0.361 e. The number of ether oxygens (including phenoxy) is 1. The first-order valence-electron chi connectivity index (χ1n) is 5.43. The third-order valence-corrected chi connectivity index (χ3v) is 2.36. The summed E-state index contributed by atoms with van der Waals surface area (Å²) >= 11 is 0. The van der Waals surface area contributed by atoms with E-state index in [0.29, 0.717) is 12.6 Å². The van der Waals surface area contributed by atoms with Crippen molar-refractivity contribution >= 4 is 0 Å². The molecule has 0 atom stereocenters. The summed E-state index contributed by atoms with van der Waals surface area (Å²) in [4.78, 5) is 13.9. The highest BCUT2D eigenvalue weighted by atomic mass is 16.5. The summed E-state index contributed by atoms with van der Waals surface area (Å²) in [6, 6.07) is 0. The molecule has 0 aliphatic carbocycles. The molecule has 0 aromatic carbocycles. The van der Waals surface area contributed by atoms with Crippen LogP contribution < -0.4 is 0 Å². The molecule has 5 heteroatoms. The first-order chi connectivity index (χ1) is 7.65. The Labute approximate surface area is 96.3 Å². The summed E-state index contributed by atoms with van der Waals surface area (Å²) in [5.41, 5.74) is 0. The van der Waals surface area contributed by atoms with Gasteiger partial charge in [-0.1, -0.05) is 13.8 Å². The molecule has 0 fully saturated rings. The van der Waals surface area contributed by atoms with Crippen LogP contribution in [0.15, 0.2) is 29.6 Å². The molecule has 0 amide bonds. The average Bonchev–Trinajstić information content (AvgIpc) is 2.56. The zero-order valence-electron chi connectivity index (χ0n) is 10.1. The minimum absolute atomic E-state index is 0.453. The van der Waals surface area contributed by atoms with Gasteiger partial charge in [0.1, 0.15) is 18.8 Å². The van der Waals surface area contributed by atoms with Crippen molar-refractivity contribution in [3.8, 4) is 0 Å². The second kappa shape index (κ2) is 6.27. The summed E-state index contributed by atoms with van der Waals surface area (Å²) in [5.74, 6) is 1.38. The molecule has 1 aliphatic heterocycles. The number of hydrogen-bond donors (Lipinski definition) is 0. The van der Waals surface area contributed by atoms with Crippen molar-refractivity contribution < 1.29 is 4.74 Å². The molecule has 0 saturated carbocycles. The van der Waals surface area contributed by atoms with E-state index >= 15 is 0 Å². The predicted molar refractivity (Wildman–Crippen MR) is 62.9 cm³/mol. The van der Waals surface area contributed by atoms with Gasteiger partial charge < -0.3 is 14.5 Å². The molecule has 1 aliphatic rings. The smallest absolute Gasteiger partial charge is 0.136 e. The fourth-order valence-electron chi connectivity index (χ4n) is 1.34. The van der Waals surface area contributed by atoms with Gasteiger partial charge in [-0.25, -0.2) is 0 Å². The van der Waals surface area contributed by atoms with Crippen molar-refractivity contribution in [2.45, 2.75) is 20.3 Å². The van der Waals surface area contributed by atoms with Crippen LogP contribution in [0.4, 0.5) is 0 Å². The van der Waals surface area contributed by atoms with Crippen LogP contribution in [0.5, 0.6) is 0 Å². The standard InChI is InChI=1S/C11H19N3O2/c1-10(2)4-7-16-9-14-6-5-13(3)11(14)8-12-15/h5-6,8,10H,4,7,9H2,1-3H3/b11-8+. The third-order valence-electron chi connectivity index (χ3n) is 2.36. The van der Waals surface area contributed by atoms with E-state index in [4.69, 9.17) is 4.74 Å². The molecule has 1 rings (SSSR count). The van der Waals surface area contributed by atoms with E-state index in [2.05, 4.69) is 19.0 Å². The van der Waals surface area contributed by atoms with E-state index in [1.807, 2.05) is 29.2 Å². The minimum atomic E-state index is 0.453. The average molecular weight is 225 g/mol. The molecule has 0 aromatic rings. The van der Waals surface area contributed by atoms with E-state index < -0.39 is 0 Å². The van der Waals surface area contributed by atoms with Gasteiger partial charge in [0.05, 0.1) is 0 Å². The van der Waals surface area contributed by atoms with Crippen molar-refractivity contribution in [2.75, 3.05) is 20.4 Å². The molecule has 16 heavy (non-hydrogen) atoms. The van der Waals surface area contributed by atoms with Gasteiger partial charge in [0, 0.05) is 26.1 Å². The Hall–Kier alpha value is -1.36. The highest BCUT2D eigenvalue weighted by molar-refractivity contribution is 5.12. The normalized spacial score (nSPS) is 17.9. The van der Waals surface area contributed by atoms with Crippen LogP contribution >= 0.6 is 0 Å². The van der Waals surface area contributed by atoms with Crippen molar-refractivity contribution in [3.05, 3.63) is 29.3 Å². The van der Waals surface area contributed by atoms with Gasteiger partial charge in [-0.05, 0) is 17.5 Å². The molecule has 90 valence electrons. The van der Waals surface area contributed by atoms with Crippen molar-refractivity contribution in [2.24, 2.45) is 11.1 Å². The molecule has 0 unspecified atom stereocenters. The maximum Gasteiger partial charge on any atom is 0.136 e. The molecular weight excluding hydrogens is 206 g/mol. The molecular formula is C11H19N3O2. The van der Waals surface area contributed by atoms with Gasteiger partial charge >= 0.3 is 0 Å². The van der Waals surface area contributed by atoms with E-state index in [1.165, 1.54) is 6.20 Å². The van der Waals surface area contributed by atoms with Gasteiger partial charge in [-0.3, -0.25) is 0 Å². The Morgan fingerprint density at radius 3 is 2.88 bits per heavy atom. The van der Waals surface area contributed by atoms with Crippen molar-refractivity contribution in [3.63, 3.8) is 0 Å². The van der Waals surface area contributed by atoms with Gasteiger partial charge in [0.25, 0.3) is 0 Å². The van der Waals surface area contributed by atoms with Gasteiger partial charge in [-0.15, -0.1) is 4.91 Å². The Balaban J connectivity index is 2.34. The third kappa shape index (κ3) is 3.66. The number of nitroso groups, excluding NO2 is 1. The maximum absolute atomic E-state index is 10.2. The van der Waals surface area contributed by atoms with Crippen molar-refractivity contribution in [1.82, 2.24) is 9.80 Å². The van der Waals surface area contributed by atoms with E-state index in [9.17, 15) is 4.91 Å². The van der Waals surface area contributed by atoms with Crippen LogP contribution in [-0.2, 0) is 4.74 Å². The van der Waals surface area contributed by atoms with Crippen LogP contribution in [0, 0.1) is 10.8 Å². The summed E-state index contributed by atoms with van der Waals surface area (Å²) in [5, 5.41) is 2.78. The van der Waals surface area contributed by atoms with Crippen LogP contribution in [0.2, 0.25) is 0 Å². The number of nitrogens with zero attached hydrogens (tertiary/aromatic N) is 3. The van der Waals surface area contributed by atoms with Crippen LogP contribution in [0.25, 0.3) is 0 Å². The first-order valence-corrected chi connectivity index (χ1v) is 5.43. The maximum atomic E-state index is 10.2. The highest BCUT2D eigenvalue weighted by Gasteiger charge is 2.16. The van der Waals surface area contributed by atoms with Gasteiger partial charge in [0.15, 0.2) is 0 Å². The first kappa shape index (κ1) is 12.7. The highest BCUT2D eigenvalue weighted by Crippen LogP contribution is 2.17. The lowest BCUT2D eigenvalue weighted by Crippen LogP contribution is -2.23. The molecule has 0 N–H and O–H groups in total. The SMILES string of the molecule is CC(C)CCOCN1C=CN(C)/C1=C\N=O. The molecule has 1 heterocycles. The number of hydrogen-bond acceptors (Lipinski definition) is 5. The lowest BCUT2D eigenvalue weighted by Gasteiger charge is -2.20. The fourth-order valence-corrected chi connectivity index (χ4v) is 1.34. The van der Waals surface area contributed by atoms with E-state index in [-0.39, 0.29) is 0 Å². The second-order valence-corrected chi connectivity index (χ2v) is 4.19. The Bertz CT molecular complexity index is 287. The molecule has 5 nitrogen and oxygen atoms in total. The van der Waals surface area contributed by atoms with Crippen LogP contribution in [0.1, 0.15) is 20.3 Å². The van der Waals surface area contributed by atoms with Gasteiger partial charge in [0.2, 0.25) is 0 Å². The Morgan fingerprint density at radius 2 is 2.25 bits per heavy atom. The summed E-state index contributed by atoms with van der Waals surface area (Å²) in [7, 11) is 1.86. The predicted octanol–water partition coefficient (Wildman–Crippen LogP) is 2.29. The lowest BCUT2D eigenvalue weighted by molar-refractivity contribution is 0.0590. The molecule has 0 saturated heterocycles. The monoisotopic (exact) mass is 225 g/mol. The summed E-state index contributed by atoms with van der Waals surface area (Å²) in [6.07, 6.45) is 6.05. The quantitative estimate of drug-likeness (QED) is 0.514. The van der Waals surface area contributed by atoms with Crippen LogP contribution in [0.3, 0.4) is 0 Å². The summed E-state index contributed by atoms with van der Waals surface area (Å²) in [6.45, 7) is 5.51. The van der Waals surface area contributed by atoms with E-state index in [0.717, 1.165) is 18.8 Å². The zero-order valence-corrected chi connectivity index (χ0v) is 10.1. The number of rotatable bonds is 6. The zero-order chi connectivity index (χ0) is 12.0. The fraction of sp³-hybridized carbons (Fsp3) is 0.636. The summed E-state index contributed by atoms with van der Waals surface area (Å²) < 4.78 is 5.52. The lowest BCUT2D eigenvalue weighted by atomic mass is 10.1. The molecule has 0 bridgehead atoms. The second-order valence-electron chi connectivity index (χ2n) is 4.19. The Kier molecular flexibility index (Phi) is 4.98. The minimum Gasteiger partial charge on any atom is -0.361 e. The van der Waals surface area contributed by atoms with Crippen LogP contribution in [-0.4, -0.2) is 30.2 Å². The van der Waals surface area contributed by atoms with Gasteiger partial charge in [-0.2, -0.15) is 0 Å². The topological polar surface area (TPSA) is 45.1 Å². The molecule has 0 spiro atoms. The Morgan fingerprint density at radius 1 is 1.50 bits per heavy atom. The van der Waals surface area contributed by atoms with Crippen molar-refractivity contribution in [1.29, 1.82) is 0 Å². The van der Waals surface area contributed by atoms with E-state index in [1.54, 1.807) is 0 Å². The molecule has 0 radical (unpaired) electrons. The molecule has 0 aromatic heterocycles.